The van der Waals surface area contributed by atoms with Crippen LogP contribution in [0.3, 0.4) is 0 Å². The monoisotopic (exact) mass is 246 g/mol. The van der Waals surface area contributed by atoms with Crippen LogP contribution in [0.15, 0.2) is 24.4 Å². The van der Waals surface area contributed by atoms with Gasteiger partial charge in [-0.05, 0) is 48.6 Å². The molecule has 2 rings (SSSR count). The first-order chi connectivity index (χ1) is 8.49. The van der Waals surface area contributed by atoms with Crippen molar-refractivity contribution in [1.29, 1.82) is 0 Å². The van der Waals surface area contributed by atoms with Gasteiger partial charge in [0.05, 0.1) is 0 Å². The fraction of sp³-hybridized carbons (Fsp3) is 0.688. The second-order valence-electron chi connectivity index (χ2n) is 6.68. The van der Waals surface area contributed by atoms with E-state index in [1.807, 2.05) is 12.3 Å². The molecule has 0 amide bonds. The van der Waals surface area contributed by atoms with Crippen molar-refractivity contribution in [2.75, 3.05) is 0 Å². The summed E-state index contributed by atoms with van der Waals surface area (Å²) in [5.41, 5.74) is 7.82. The Morgan fingerprint density at radius 2 is 2.11 bits per heavy atom. The largest absolute Gasteiger partial charge is 0.327 e. The highest BCUT2D eigenvalue weighted by atomic mass is 14.7. The van der Waals surface area contributed by atoms with Gasteiger partial charge in [-0.2, -0.15) is 0 Å². The number of hydrogen-bond acceptors (Lipinski definition) is 2. The van der Waals surface area contributed by atoms with Gasteiger partial charge in [0.2, 0.25) is 0 Å². The lowest BCUT2D eigenvalue weighted by Crippen LogP contribution is -2.44. The summed E-state index contributed by atoms with van der Waals surface area (Å²) in [7, 11) is 0. The summed E-state index contributed by atoms with van der Waals surface area (Å²) >= 11 is 0. The number of hydrogen-bond donors (Lipinski definition) is 1. The van der Waals surface area contributed by atoms with Crippen molar-refractivity contribution < 1.29 is 0 Å². The third-order valence-corrected chi connectivity index (χ3v) is 4.53. The van der Waals surface area contributed by atoms with Crippen molar-refractivity contribution in [3.63, 3.8) is 0 Å². The van der Waals surface area contributed by atoms with Crippen molar-refractivity contribution in [3.05, 3.63) is 30.1 Å². The molecule has 1 fully saturated rings. The molecular weight excluding hydrogens is 220 g/mol. The molecule has 0 spiro atoms. The highest BCUT2D eigenvalue weighted by Gasteiger charge is 2.37. The number of nitrogens with zero attached hydrogens (tertiary/aromatic N) is 1. The zero-order chi connectivity index (χ0) is 13.2. The zero-order valence-corrected chi connectivity index (χ0v) is 11.9. The quantitative estimate of drug-likeness (QED) is 0.887. The van der Waals surface area contributed by atoms with Crippen molar-refractivity contribution in [1.82, 2.24) is 4.98 Å². The van der Waals surface area contributed by atoms with Crippen LogP contribution < -0.4 is 5.73 Å². The Kier molecular flexibility index (Phi) is 4.06. The van der Waals surface area contributed by atoms with Crippen molar-refractivity contribution in [3.8, 4) is 0 Å². The molecule has 2 nitrogen and oxygen atoms in total. The minimum atomic E-state index is 0.244. The van der Waals surface area contributed by atoms with Crippen molar-refractivity contribution >= 4 is 0 Å². The molecule has 1 aliphatic carbocycles. The van der Waals surface area contributed by atoms with E-state index in [9.17, 15) is 0 Å². The van der Waals surface area contributed by atoms with Gasteiger partial charge in [0.25, 0.3) is 0 Å². The van der Waals surface area contributed by atoms with Gasteiger partial charge in [-0.25, -0.2) is 0 Å². The van der Waals surface area contributed by atoms with Gasteiger partial charge in [0.1, 0.15) is 0 Å². The molecule has 3 atom stereocenters. The summed E-state index contributed by atoms with van der Waals surface area (Å²) in [5, 5.41) is 0. The fourth-order valence-corrected chi connectivity index (χ4v) is 3.50. The van der Waals surface area contributed by atoms with Crippen LogP contribution in [0.4, 0.5) is 0 Å². The van der Waals surface area contributed by atoms with E-state index in [-0.39, 0.29) is 5.41 Å². The topological polar surface area (TPSA) is 38.9 Å². The molecule has 0 aliphatic heterocycles. The molecule has 1 aliphatic rings. The summed E-state index contributed by atoms with van der Waals surface area (Å²) in [6.07, 6.45) is 6.68. The van der Waals surface area contributed by atoms with Crippen LogP contribution in [0.25, 0.3) is 0 Å². The van der Waals surface area contributed by atoms with Crippen LogP contribution in [0.2, 0.25) is 0 Å². The average Bonchev–Trinajstić information content (AvgIpc) is 2.29. The first-order valence-electron chi connectivity index (χ1n) is 7.14. The van der Waals surface area contributed by atoms with E-state index in [1.165, 1.54) is 25.0 Å². The van der Waals surface area contributed by atoms with E-state index in [2.05, 4.69) is 37.9 Å². The maximum absolute atomic E-state index is 6.39. The first-order valence-corrected chi connectivity index (χ1v) is 7.14. The van der Waals surface area contributed by atoms with Crippen LogP contribution in [0.5, 0.6) is 0 Å². The third-order valence-electron chi connectivity index (χ3n) is 4.53. The smallest absolute Gasteiger partial charge is 0.0409 e. The fourth-order valence-electron chi connectivity index (χ4n) is 3.50. The molecule has 18 heavy (non-hydrogen) atoms. The predicted molar refractivity (Wildman–Crippen MR) is 76.2 cm³/mol. The van der Waals surface area contributed by atoms with E-state index in [0.717, 1.165) is 12.3 Å². The lowest BCUT2D eigenvalue weighted by molar-refractivity contribution is 0.112. The third kappa shape index (κ3) is 3.11. The van der Waals surface area contributed by atoms with E-state index < -0.39 is 0 Å². The molecule has 1 aromatic heterocycles. The highest BCUT2D eigenvalue weighted by Crippen LogP contribution is 2.41. The van der Waals surface area contributed by atoms with Crippen molar-refractivity contribution in [2.24, 2.45) is 23.0 Å². The van der Waals surface area contributed by atoms with Crippen LogP contribution >= 0.6 is 0 Å². The summed E-state index contributed by atoms with van der Waals surface area (Å²) in [4.78, 5) is 4.46. The lowest BCUT2D eigenvalue weighted by atomic mass is 9.65. The summed E-state index contributed by atoms with van der Waals surface area (Å²) < 4.78 is 0. The Morgan fingerprint density at radius 1 is 1.33 bits per heavy atom. The number of rotatable bonds is 3. The van der Waals surface area contributed by atoms with Crippen LogP contribution in [-0.2, 0) is 6.42 Å². The summed E-state index contributed by atoms with van der Waals surface area (Å²) in [6.45, 7) is 7.02. The average molecular weight is 246 g/mol. The molecule has 100 valence electrons. The van der Waals surface area contributed by atoms with E-state index in [0.29, 0.717) is 12.0 Å². The zero-order valence-electron chi connectivity index (χ0n) is 11.9. The molecule has 0 saturated heterocycles. The van der Waals surface area contributed by atoms with Crippen LogP contribution in [-0.4, -0.2) is 11.0 Å². The standard InChI is InChI=1S/C16H26N2/c1-12-7-8-14(15(17)10-12)16(2,3)11-13-6-4-5-9-18-13/h4-6,9,12,14-15H,7-8,10-11,17H2,1-3H3. The van der Waals surface area contributed by atoms with Gasteiger partial charge in [-0.15, -0.1) is 0 Å². The van der Waals surface area contributed by atoms with Gasteiger partial charge in [0.15, 0.2) is 0 Å². The molecule has 1 heterocycles. The second-order valence-corrected chi connectivity index (χ2v) is 6.68. The van der Waals surface area contributed by atoms with E-state index >= 15 is 0 Å². The van der Waals surface area contributed by atoms with Gasteiger partial charge in [0, 0.05) is 17.9 Å². The molecule has 1 aromatic rings. The van der Waals surface area contributed by atoms with E-state index in [4.69, 9.17) is 5.73 Å². The van der Waals surface area contributed by atoms with Crippen LogP contribution in [0.1, 0.15) is 45.7 Å². The summed E-state index contributed by atoms with van der Waals surface area (Å²) in [6, 6.07) is 6.53. The lowest BCUT2D eigenvalue weighted by Gasteiger charge is -2.42. The molecule has 0 radical (unpaired) electrons. The maximum Gasteiger partial charge on any atom is 0.0409 e. The Balaban J connectivity index is 2.06. The molecule has 2 heteroatoms. The first kappa shape index (κ1) is 13.5. The van der Waals surface area contributed by atoms with Gasteiger partial charge >= 0.3 is 0 Å². The molecule has 2 N–H and O–H groups in total. The number of aromatic nitrogens is 1. The Bertz CT molecular complexity index is 372. The van der Waals surface area contributed by atoms with Gasteiger partial charge in [-0.1, -0.05) is 33.3 Å². The molecule has 3 unspecified atom stereocenters. The van der Waals surface area contributed by atoms with Gasteiger partial charge < -0.3 is 5.73 Å². The Hall–Kier alpha value is -0.890. The summed E-state index contributed by atoms with van der Waals surface area (Å²) in [5.74, 6) is 1.41. The SMILES string of the molecule is CC1CCC(C(C)(C)Cc2ccccn2)C(N)C1. The molecule has 0 bridgehead atoms. The minimum absolute atomic E-state index is 0.244. The molecule has 1 saturated carbocycles. The van der Waals surface area contributed by atoms with Crippen LogP contribution in [0, 0.1) is 17.3 Å². The normalized spacial score (nSPS) is 29.2. The Labute approximate surface area is 111 Å². The van der Waals surface area contributed by atoms with Crippen molar-refractivity contribution in [2.45, 2.75) is 52.5 Å². The van der Waals surface area contributed by atoms with Gasteiger partial charge in [-0.3, -0.25) is 4.98 Å². The number of pyridine rings is 1. The van der Waals surface area contributed by atoms with E-state index in [1.54, 1.807) is 0 Å². The second kappa shape index (κ2) is 5.40. The highest BCUT2D eigenvalue weighted by molar-refractivity contribution is 5.07. The minimum Gasteiger partial charge on any atom is -0.327 e. The maximum atomic E-state index is 6.39. The predicted octanol–water partition coefficient (Wildman–Crippen LogP) is 3.41. The number of nitrogens with two attached hydrogens (primary N) is 1. The Morgan fingerprint density at radius 3 is 2.72 bits per heavy atom. The molecular formula is C16H26N2. The molecule has 0 aromatic carbocycles.